The van der Waals surface area contributed by atoms with Crippen LogP contribution in [0.1, 0.15) is 57.9 Å². The molecule has 0 bridgehead atoms. The SMILES string of the molecule is CC(C)CC(CC(=O)NO)C(=O)N[C@@H](Cc1c[nH]c2ccccc12)C(=O)NCCCOCCOCCOCCCNC(=O)[C@H](N)CCCN=C(N)N. The lowest BCUT2D eigenvalue weighted by Crippen LogP contribution is -2.50. The third-order valence-corrected chi connectivity index (χ3v) is 7.99. The number of nitrogens with zero attached hydrogens (tertiary/aromatic N) is 1. The predicted octanol–water partition coefficient (Wildman–Crippen LogP) is 0.196. The highest BCUT2D eigenvalue weighted by molar-refractivity contribution is 5.91. The van der Waals surface area contributed by atoms with Gasteiger partial charge in [-0.15, -0.1) is 0 Å². The van der Waals surface area contributed by atoms with E-state index in [1.807, 2.05) is 44.3 Å². The molecule has 1 aromatic carbocycles. The summed E-state index contributed by atoms with van der Waals surface area (Å²) in [6, 6.07) is 6.21. The van der Waals surface area contributed by atoms with Gasteiger partial charge in [-0.1, -0.05) is 32.0 Å². The number of guanidine groups is 1. The van der Waals surface area contributed by atoms with Crippen LogP contribution in [-0.2, 0) is 39.8 Å². The topological polar surface area (TPSA) is 271 Å². The molecule has 0 saturated heterocycles. The number of carbonyl (C=O) groups excluding carboxylic acids is 4. The number of fused-ring (bicyclic) bond motifs is 1. The molecule has 2 aromatic rings. The van der Waals surface area contributed by atoms with E-state index in [2.05, 4.69) is 25.9 Å². The van der Waals surface area contributed by atoms with E-state index in [4.69, 9.17) is 36.6 Å². The number of para-hydroxylation sites is 1. The molecule has 4 amide bonds. The fourth-order valence-electron chi connectivity index (χ4n) is 5.36. The van der Waals surface area contributed by atoms with E-state index in [-0.39, 0.29) is 36.5 Å². The minimum Gasteiger partial charge on any atom is -0.379 e. The Labute approximate surface area is 305 Å². The first kappa shape index (κ1) is 43.9. The number of rotatable bonds is 28. The van der Waals surface area contributed by atoms with E-state index >= 15 is 0 Å². The zero-order chi connectivity index (χ0) is 38.1. The summed E-state index contributed by atoms with van der Waals surface area (Å²) in [4.78, 5) is 57.6. The molecule has 0 radical (unpaired) electrons. The van der Waals surface area contributed by atoms with E-state index in [0.29, 0.717) is 91.4 Å². The Bertz CT molecular complexity index is 1380. The molecular formula is C35H59N9O8. The van der Waals surface area contributed by atoms with E-state index in [1.165, 1.54) is 0 Å². The molecule has 1 aromatic heterocycles. The summed E-state index contributed by atoms with van der Waals surface area (Å²) in [7, 11) is 0. The quantitative estimate of drug-likeness (QED) is 0.0187. The maximum atomic E-state index is 13.3. The Morgan fingerprint density at radius 3 is 2.10 bits per heavy atom. The molecular weight excluding hydrogens is 674 g/mol. The van der Waals surface area contributed by atoms with E-state index < -0.39 is 29.8 Å². The summed E-state index contributed by atoms with van der Waals surface area (Å²) in [5.41, 5.74) is 19.8. The van der Waals surface area contributed by atoms with Gasteiger partial charge < -0.3 is 52.3 Å². The minimum absolute atomic E-state index is 0.0177. The zero-order valence-electron chi connectivity index (χ0n) is 30.5. The van der Waals surface area contributed by atoms with Crippen molar-refractivity contribution < 1.29 is 38.6 Å². The number of hydroxylamine groups is 1. The van der Waals surface area contributed by atoms with Crippen LogP contribution in [0.5, 0.6) is 0 Å². The van der Waals surface area contributed by atoms with Crippen LogP contribution in [0.3, 0.4) is 0 Å². The Balaban J connectivity index is 1.64. The van der Waals surface area contributed by atoms with Crippen molar-refractivity contribution >= 4 is 40.5 Å². The van der Waals surface area contributed by atoms with Crippen LogP contribution < -0.4 is 38.6 Å². The number of ether oxygens (including phenoxy) is 3. The first-order valence-electron chi connectivity index (χ1n) is 17.9. The summed E-state index contributed by atoms with van der Waals surface area (Å²) in [6.07, 6.45) is 4.59. The van der Waals surface area contributed by atoms with Crippen molar-refractivity contribution in [3.63, 3.8) is 0 Å². The molecule has 0 aliphatic carbocycles. The number of aromatic nitrogens is 1. The fraction of sp³-hybridized carbons (Fsp3) is 0.629. The lowest BCUT2D eigenvalue weighted by molar-refractivity contribution is -0.136. The fourth-order valence-corrected chi connectivity index (χ4v) is 5.36. The summed E-state index contributed by atoms with van der Waals surface area (Å²) < 4.78 is 16.7. The third-order valence-electron chi connectivity index (χ3n) is 7.99. The van der Waals surface area contributed by atoms with Gasteiger partial charge in [0, 0.05) is 68.7 Å². The van der Waals surface area contributed by atoms with Gasteiger partial charge in [-0.2, -0.15) is 0 Å². The second kappa shape index (κ2) is 25.6. The van der Waals surface area contributed by atoms with Crippen LogP contribution in [0, 0.1) is 11.8 Å². The molecule has 1 heterocycles. The van der Waals surface area contributed by atoms with Crippen molar-refractivity contribution in [2.45, 2.75) is 70.9 Å². The predicted molar refractivity (Wildman–Crippen MR) is 197 cm³/mol. The number of aliphatic imine (C=N–C) groups is 1. The first-order valence-corrected chi connectivity index (χ1v) is 17.9. The van der Waals surface area contributed by atoms with Crippen molar-refractivity contribution in [3.05, 3.63) is 36.0 Å². The molecule has 3 atom stereocenters. The van der Waals surface area contributed by atoms with Crippen molar-refractivity contribution in [2.24, 2.45) is 34.0 Å². The molecule has 0 aliphatic heterocycles. The molecule has 0 spiro atoms. The first-order chi connectivity index (χ1) is 25.0. The molecule has 2 rings (SSSR count). The van der Waals surface area contributed by atoms with Crippen LogP contribution in [0.25, 0.3) is 10.9 Å². The summed E-state index contributed by atoms with van der Waals surface area (Å²) in [5.74, 6) is -2.23. The van der Waals surface area contributed by atoms with Gasteiger partial charge in [-0.25, -0.2) is 5.48 Å². The highest BCUT2D eigenvalue weighted by atomic mass is 16.5. The number of aromatic amines is 1. The number of benzene rings is 1. The lowest BCUT2D eigenvalue weighted by Gasteiger charge is -2.23. The Morgan fingerprint density at radius 2 is 1.48 bits per heavy atom. The van der Waals surface area contributed by atoms with Crippen LogP contribution in [0.15, 0.2) is 35.5 Å². The van der Waals surface area contributed by atoms with Crippen LogP contribution >= 0.6 is 0 Å². The molecule has 12 N–H and O–H groups in total. The van der Waals surface area contributed by atoms with Crippen molar-refractivity contribution in [2.75, 3.05) is 59.3 Å². The normalized spacial score (nSPS) is 12.9. The largest absolute Gasteiger partial charge is 0.379 e. The maximum absolute atomic E-state index is 13.3. The second-order valence-electron chi connectivity index (χ2n) is 12.9. The van der Waals surface area contributed by atoms with Crippen LogP contribution in [0.2, 0.25) is 0 Å². The smallest absolute Gasteiger partial charge is 0.244 e. The average molecular weight is 734 g/mol. The minimum atomic E-state index is -0.884. The van der Waals surface area contributed by atoms with Crippen molar-refractivity contribution in [3.8, 4) is 0 Å². The Kier molecular flexibility index (Phi) is 21.6. The number of hydrogen-bond acceptors (Lipinski definition) is 10. The van der Waals surface area contributed by atoms with Gasteiger partial charge in [0.25, 0.3) is 0 Å². The number of carbonyl (C=O) groups is 4. The highest BCUT2D eigenvalue weighted by Gasteiger charge is 2.28. The van der Waals surface area contributed by atoms with E-state index in [0.717, 1.165) is 16.5 Å². The standard InChI is InChI=1S/C35H59N9O8/c1-24(2)20-25(22-31(45)44-49)32(46)43-30(21-26-23-42-29-10-4-3-8-27(26)29)34(48)40-13-7-15-51-17-19-52-18-16-50-14-6-12-39-33(47)28(36)9-5-11-41-35(37)38/h3-4,8,10,23-25,28,30,42,49H,5-7,9,11-22,36H2,1-2H3,(H,39,47)(H,40,48)(H,43,46)(H,44,45)(H4,37,38,41)/t25?,28-,30+/m1/s1. The van der Waals surface area contributed by atoms with Crippen molar-refractivity contribution in [1.82, 2.24) is 26.4 Å². The molecule has 292 valence electrons. The summed E-state index contributed by atoms with van der Waals surface area (Å²) in [6.45, 7) is 7.54. The third kappa shape index (κ3) is 18.3. The molecule has 0 fully saturated rings. The molecule has 17 nitrogen and oxygen atoms in total. The van der Waals surface area contributed by atoms with Gasteiger partial charge in [0.2, 0.25) is 23.6 Å². The zero-order valence-corrected chi connectivity index (χ0v) is 30.5. The monoisotopic (exact) mass is 733 g/mol. The van der Waals surface area contributed by atoms with Crippen molar-refractivity contribution in [1.29, 1.82) is 0 Å². The van der Waals surface area contributed by atoms with Crippen LogP contribution in [-0.4, -0.2) is 111 Å². The van der Waals surface area contributed by atoms with Gasteiger partial charge in [-0.05, 0) is 49.7 Å². The number of H-pyrrole nitrogens is 1. The van der Waals surface area contributed by atoms with Gasteiger partial charge in [0.1, 0.15) is 6.04 Å². The molecule has 52 heavy (non-hydrogen) atoms. The number of nitrogens with one attached hydrogen (secondary N) is 5. The lowest BCUT2D eigenvalue weighted by atomic mass is 9.92. The molecule has 0 aliphatic rings. The van der Waals surface area contributed by atoms with Gasteiger partial charge in [0.05, 0.1) is 32.5 Å². The van der Waals surface area contributed by atoms with Crippen LogP contribution in [0.4, 0.5) is 0 Å². The number of hydrogen-bond donors (Lipinski definition) is 9. The summed E-state index contributed by atoms with van der Waals surface area (Å²) in [5, 5.41) is 18.5. The average Bonchev–Trinajstić information content (AvgIpc) is 3.52. The Morgan fingerprint density at radius 1 is 0.865 bits per heavy atom. The number of nitrogens with two attached hydrogens (primary N) is 3. The van der Waals surface area contributed by atoms with E-state index in [9.17, 15) is 19.2 Å². The molecule has 0 saturated carbocycles. The van der Waals surface area contributed by atoms with E-state index in [1.54, 1.807) is 5.48 Å². The van der Waals surface area contributed by atoms with Gasteiger partial charge >= 0.3 is 0 Å². The Hall–Kier alpha value is -4.29. The summed E-state index contributed by atoms with van der Waals surface area (Å²) >= 11 is 0. The van der Waals surface area contributed by atoms with Gasteiger partial charge in [-0.3, -0.25) is 29.4 Å². The maximum Gasteiger partial charge on any atom is 0.244 e. The second-order valence-corrected chi connectivity index (χ2v) is 12.9. The van der Waals surface area contributed by atoms with Gasteiger partial charge in [0.15, 0.2) is 5.96 Å². The molecule has 17 heteroatoms. The number of amides is 4. The highest BCUT2D eigenvalue weighted by Crippen LogP contribution is 2.20. The molecule has 1 unspecified atom stereocenters.